The molecule has 2 amide bonds. The fraction of sp³-hybridized carbons (Fsp3) is 0.368. The molecule has 0 aliphatic carbocycles. The van der Waals surface area contributed by atoms with Crippen LogP contribution in [0.15, 0.2) is 41.4 Å². The average molecular weight is 402 g/mol. The smallest absolute Gasteiger partial charge is 0.308 e. The molecule has 0 fully saturated rings. The van der Waals surface area contributed by atoms with Crippen LogP contribution in [0.5, 0.6) is 0 Å². The quantitative estimate of drug-likeness (QED) is 0.721. The zero-order valence-corrected chi connectivity index (χ0v) is 16.7. The maximum atomic E-state index is 12.3. The standard InChI is InChI=1S/C19H22N4O4S/c1-11(2)23-16(8-9-20-23)22-18(25)12(3)27-17(24)10-15-19(26)21-13-6-4-5-7-14(13)28-15/h4-9,11-12,15H,10H2,1-3H3,(H,21,26)(H,22,25)/t12-,15+/m0/s1. The van der Waals surface area contributed by atoms with Gasteiger partial charge >= 0.3 is 5.97 Å². The minimum Gasteiger partial charge on any atom is -0.452 e. The van der Waals surface area contributed by atoms with Crippen molar-refractivity contribution in [3.63, 3.8) is 0 Å². The number of anilines is 2. The van der Waals surface area contributed by atoms with Crippen LogP contribution in [-0.4, -0.2) is 38.9 Å². The van der Waals surface area contributed by atoms with Crippen molar-refractivity contribution >= 4 is 41.1 Å². The lowest BCUT2D eigenvalue weighted by atomic mass is 10.2. The number of esters is 1. The Morgan fingerprint density at radius 1 is 1.29 bits per heavy atom. The summed E-state index contributed by atoms with van der Waals surface area (Å²) in [6.07, 6.45) is 0.474. The third-order valence-electron chi connectivity index (χ3n) is 4.15. The molecule has 1 aliphatic heterocycles. The van der Waals surface area contributed by atoms with E-state index in [9.17, 15) is 14.4 Å². The van der Waals surface area contributed by atoms with Gasteiger partial charge in [-0.1, -0.05) is 12.1 Å². The van der Waals surface area contributed by atoms with Gasteiger partial charge in [0.1, 0.15) is 5.82 Å². The number of benzene rings is 1. The molecule has 1 aromatic carbocycles. The number of hydrogen-bond donors (Lipinski definition) is 2. The Bertz CT molecular complexity index is 896. The van der Waals surface area contributed by atoms with E-state index in [0.29, 0.717) is 5.82 Å². The minimum atomic E-state index is -0.994. The number of amides is 2. The number of aromatic nitrogens is 2. The molecule has 1 aromatic heterocycles. The van der Waals surface area contributed by atoms with Crippen molar-refractivity contribution in [2.24, 2.45) is 0 Å². The molecule has 2 atom stereocenters. The van der Waals surface area contributed by atoms with Crippen LogP contribution >= 0.6 is 11.8 Å². The lowest BCUT2D eigenvalue weighted by Crippen LogP contribution is -2.34. The van der Waals surface area contributed by atoms with Gasteiger partial charge in [0.05, 0.1) is 23.6 Å². The van der Waals surface area contributed by atoms with E-state index in [1.807, 2.05) is 38.1 Å². The summed E-state index contributed by atoms with van der Waals surface area (Å²) >= 11 is 1.31. The number of carbonyl (C=O) groups excluding carboxylic acids is 3. The number of ether oxygens (including phenoxy) is 1. The van der Waals surface area contributed by atoms with Crippen LogP contribution < -0.4 is 10.6 Å². The van der Waals surface area contributed by atoms with E-state index < -0.39 is 23.2 Å². The van der Waals surface area contributed by atoms with Gasteiger partial charge in [0.2, 0.25) is 5.91 Å². The van der Waals surface area contributed by atoms with Gasteiger partial charge in [0.25, 0.3) is 5.91 Å². The van der Waals surface area contributed by atoms with Crippen molar-refractivity contribution < 1.29 is 19.1 Å². The second kappa shape index (κ2) is 8.47. The summed E-state index contributed by atoms with van der Waals surface area (Å²) in [7, 11) is 0. The van der Waals surface area contributed by atoms with Crippen molar-refractivity contribution in [3.8, 4) is 0 Å². The molecular formula is C19H22N4O4S. The second-order valence-corrected chi connectivity index (χ2v) is 7.92. The topological polar surface area (TPSA) is 102 Å². The molecule has 2 N–H and O–H groups in total. The normalized spacial score (nSPS) is 16.9. The molecule has 3 rings (SSSR count). The molecule has 0 unspecified atom stereocenters. The van der Waals surface area contributed by atoms with Crippen LogP contribution in [0.4, 0.5) is 11.5 Å². The van der Waals surface area contributed by atoms with Gasteiger partial charge in [-0.25, -0.2) is 4.68 Å². The first kappa shape index (κ1) is 19.9. The molecule has 0 radical (unpaired) electrons. The largest absolute Gasteiger partial charge is 0.452 e. The van der Waals surface area contributed by atoms with Crippen molar-refractivity contribution in [2.45, 2.75) is 49.5 Å². The zero-order chi connectivity index (χ0) is 20.3. The maximum absolute atomic E-state index is 12.3. The second-order valence-electron chi connectivity index (χ2n) is 6.67. The number of thioether (sulfide) groups is 1. The molecule has 0 saturated heterocycles. The first-order valence-corrected chi connectivity index (χ1v) is 9.83. The summed E-state index contributed by atoms with van der Waals surface area (Å²) in [6.45, 7) is 5.38. The summed E-state index contributed by atoms with van der Waals surface area (Å²) in [5.41, 5.74) is 0.733. The lowest BCUT2D eigenvalue weighted by molar-refractivity contribution is -0.153. The highest BCUT2D eigenvalue weighted by atomic mass is 32.2. The van der Waals surface area contributed by atoms with Crippen LogP contribution in [0.1, 0.15) is 33.2 Å². The van der Waals surface area contributed by atoms with Gasteiger partial charge in [0.15, 0.2) is 6.10 Å². The molecule has 0 saturated carbocycles. The Morgan fingerprint density at radius 3 is 2.79 bits per heavy atom. The molecule has 0 spiro atoms. The fourth-order valence-electron chi connectivity index (χ4n) is 2.73. The van der Waals surface area contributed by atoms with Gasteiger partial charge < -0.3 is 15.4 Å². The van der Waals surface area contributed by atoms with Crippen LogP contribution in [0.25, 0.3) is 0 Å². The van der Waals surface area contributed by atoms with Gasteiger partial charge in [-0.05, 0) is 32.9 Å². The van der Waals surface area contributed by atoms with Crippen LogP contribution in [0, 0.1) is 0 Å². The van der Waals surface area contributed by atoms with Crippen molar-refractivity contribution in [3.05, 3.63) is 36.5 Å². The molecule has 0 bridgehead atoms. The number of para-hydroxylation sites is 1. The number of carbonyl (C=O) groups is 3. The SMILES string of the molecule is CC(C)n1nccc1NC(=O)[C@H](C)OC(=O)C[C@H]1Sc2ccccc2NC1=O. The number of nitrogens with one attached hydrogen (secondary N) is 2. The van der Waals surface area contributed by atoms with Crippen LogP contribution in [0.3, 0.4) is 0 Å². The van der Waals surface area contributed by atoms with E-state index in [1.165, 1.54) is 18.7 Å². The predicted octanol–water partition coefficient (Wildman–Crippen LogP) is 2.84. The molecule has 1 aliphatic rings. The van der Waals surface area contributed by atoms with Crippen molar-refractivity contribution in [1.29, 1.82) is 0 Å². The summed E-state index contributed by atoms with van der Waals surface area (Å²) in [5, 5.41) is 9.03. The van der Waals surface area contributed by atoms with Crippen molar-refractivity contribution in [1.82, 2.24) is 9.78 Å². The van der Waals surface area contributed by atoms with Gasteiger partial charge in [-0.2, -0.15) is 5.10 Å². The van der Waals surface area contributed by atoms with Gasteiger partial charge in [-0.15, -0.1) is 11.8 Å². The monoisotopic (exact) mass is 402 g/mol. The zero-order valence-electron chi connectivity index (χ0n) is 15.8. The molecule has 148 valence electrons. The molecule has 9 heteroatoms. The minimum absolute atomic E-state index is 0.0767. The molecule has 2 heterocycles. The first-order valence-electron chi connectivity index (χ1n) is 8.95. The first-order chi connectivity index (χ1) is 13.3. The van der Waals surface area contributed by atoms with Crippen molar-refractivity contribution in [2.75, 3.05) is 10.6 Å². The molecule has 28 heavy (non-hydrogen) atoms. The van der Waals surface area contributed by atoms with Gasteiger partial charge in [-0.3, -0.25) is 14.4 Å². The number of nitrogens with zero attached hydrogens (tertiary/aromatic N) is 2. The Balaban J connectivity index is 1.55. The van der Waals surface area contributed by atoms with E-state index in [0.717, 1.165) is 10.6 Å². The number of fused-ring (bicyclic) bond motifs is 1. The Kier molecular flexibility index (Phi) is 6.03. The van der Waals surface area contributed by atoms with E-state index >= 15 is 0 Å². The Labute approximate surface area is 167 Å². The maximum Gasteiger partial charge on any atom is 0.308 e. The number of rotatable bonds is 6. The van der Waals surface area contributed by atoms with E-state index in [-0.39, 0.29) is 18.4 Å². The molecule has 8 nitrogen and oxygen atoms in total. The van der Waals surface area contributed by atoms with Gasteiger partial charge in [0, 0.05) is 17.0 Å². The Hall–Kier alpha value is -2.81. The highest BCUT2D eigenvalue weighted by Crippen LogP contribution is 2.36. The van der Waals surface area contributed by atoms with Crippen LogP contribution in [0.2, 0.25) is 0 Å². The average Bonchev–Trinajstić information content (AvgIpc) is 3.10. The third-order valence-corrected chi connectivity index (χ3v) is 5.42. The van der Waals surface area contributed by atoms with Crippen LogP contribution in [-0.2, 0) is 19.1 Å². The number of hydrogen-bond acceptors (Lipinski definition) is 6. The molecule has 2 aromatic rings. The Morgan fingerprint density at radius 2 is 2.04 bits per heavy atom. The highest BCUT2D eigenvalue weighted by molar-refractivity contribution is 8.01. The molecular weight excluding hydrogens is 380 g/mol. The predicted molar refractivity (Wildman–Crippen MR) is 106 cm³/mol. The summed E-state index contributed by atoms with van der Waals surface area (Å²) in [5.74, 6) is -0.783. The fourth-order valence-corrected chi connectivity index (χ4v) is 3.82. The van der Waals surface area contributed by atoms with E-state index in [2.05, 4.69) is 15.7 Å². The lowest BCUT2D eigenvalue weighted by Gasteiger charge is -2.23. The highest BCUT2D eigenvalue weighted by Gasteiger charge is 2.30. The third kappa shape index (κ3) is 4.53. The summed E-state index contributed by atoms with van der Waals surface area (Å²) < 4.78 is 6.89. The van der Waals surface area contributed by atoms with E-state index in [4.69, 9.17) is 4.74 Å². The summed E-state index contributed by atoms with van der Waals surface area (Å²) in [6, 6.07) is 9.14. The van der Waals surface area contributed by atoms with E-state index in [1.54, 1.807) is 16.9 Å². The summed E-state index contributed by atoms with van der Waals surface area (Å²) in [4.78, 5) is 37.7.